The van der Waals surface area contributed by atoms with E-state index in [9.17, 15) is 13.2 Å². The highest BCUT2D eigenvalue weighted by Gasteiger charge is 2.35. The molecule has 1 N–H and O–H groups in total. The number of amides is 1. The minimum Gasteiger partial charge on any atom is -0.356 e. The van der Waals surface area contributed by atoms with Crippen LogP contribution in [0.3, 0.4) is 0 Å². The summed E-state index contributed by atoms with van der Waals surface area (Å²) < 4.78 is 28.6. The maximum atomic E-state index is 12.7. The first-order chi connectivity index (χ1) is 10.1. The van der Waals surface area contributed by atoms with Crippen molar-refractivity contribution in [2.45, 2.75) is 45.4 Å². The van der Waals surface area contributed by atoms with Gasteiger partial charge in [0.05, 0.1) is 5.92 Å². The Morgan fingerprint density at radius 3 is 2.29 bits per heavy atom. The molecule has 0 aromatic rings. The van der Waals surface area contributed by atoms with Gasteiger partial charge in [0.2, 0.25) is 5.91 Å². The minimum absolute atomic E-state index is 0.0201. The second-order valence-corrected chi connectivity index (χ2v) is 7.84. The van der Waals surface area contributed by atoms with E-state index in [1.165, 1.54) is 4.31 Å². The first-order valence-corrected chi connectivity index (χ1v) is 9.48. The van der Waals surface area contributed by atoms with Gasteiger partial charge in [0.1, 0.15) is 0 Å². The molecule has 1 amide bonds. The van der Waals surface area contributed by atoms with Crippen molar-refractivity contribution in [2.75, 3.05) is 32.7 Å². The SMILES string of the molecule is CCNC(=O)C1CCCN(S(=O)(=O)N2CCCCCC2)C1. The van der Waals surface area contributed by atoms with Crippen LogP contribution in [0, 0.1) is 5.92 Å². The fraction of sp³-hybridized carbons (Fsp3) is 0.929. The smallest absolute Gasteiger partial charge is 0.281 e. The lowest BCUT2D eigenvalue weighted by molar-refractivity contribution is -0.125. The summed E-state index contributed by atoms with van der Waals surface area (Å²) in [6, 6.07) is 0. The summed E-state index contributed by atoms with van der Waals surface area (Å²) in [5.41, 5.74) is 0. The molecule has 1 unspecified atom stereocenters. The largest absolute Gasteiger partial charge is 0.356 e. The Labute approximate surface area is 128 Å². The average Bonchev–Trinajstić information content (AvgIpc) is 2.77. The van der Waals surface area contributed by atoms with Crippen LogP contribution in [0.25, 0.3) is 0 Å². The van der Waals surface area contributed by atoms with E-state index in [4.69, 9.17) is 0 Å². The summed E-state index contributed by atoms with van der Waals surface area (Å²) >= 11 is 0. The lowest BCUT2D eigenvalue weighted by Gasteiger charge is -2.34. The van der Waals surface area contributed by atoms with Gasteiger partial charge in [-0.3, -0.25) is 4.79 Å². The number of piperidine rings is 1. The van der Waals surface area contributed by atoms with Gasteiger partial charge in [-0.2, -0.15) is 17.0 Å². The first-order valence-electron chi connectivity index (χ1n) is 8.08. The molecule has 0 spiro atoms. The van der Waals surface area contributed by atoms with Gasteiger partial charge < -0.3 is 5.32 Å². The maximum absolute atomic E-state index is 12.7. The van der Waals surface area contributed by atoms with Crippen molar-refractivity contribution in [1.29, 1.82) is 0 Å². The number of carbonyl (C=O) groups is 1. The molecule has 2 heterocycles. The van der Waals surface area contributed by atoms with Crippen LogP contribution in [-0.4, -0.2) is 55.7 Å². The standard InChI is InChI=1S/C14H27N3O3S/c1-2-15-14(18)13-8-7-11-17(12-13)21(19,20)16-9-5-3-4-6-10-16/h13H,2-12H2,1H3,(H,15,18). The van der Waals surface area contributed by atoms with Gasteiger partial charge in [0.25, 0.3) is 10.2 Å². The predicted octanol–water partition coefficient (Wildman–Crippen LogP) is 0.955. The van der Waals surface area contributed by atoms with E-state index in [1.807, 2.05) is 6.92 Å². The molecule has 0 aliphatic carbocycles. The van der Waals surface area contributed by atoms with Crippen molar-refractivity contribution in [3.63, 3.8) is 0 Å². The number of hydrogen-bond donors (Lipinski definition) is 1. The second kappa shape index (κ2) is 7.56. The highest BCUT2D eigenvalue weighted by atomic mass is 32.2. The Hall–Kier alpha value is -0.660. The Balaban J connectivity index is 2.03. The van der Waals surface area contributed by atoms with E-state index in [1.54, 1.807) is 4.31 Å². The summed E-state index contributed by atoms with van der Waals surface area (Å²) in [7, 11) is -3.40. The molecule has 0 aromatic carbocycles. The van der Waals surface area contributed by atoms with Crippen LogP contribution in [0.1, 0.15) is 45.4 Å². The summed E-state index contributed by atoms with van der Waals surface area (Å²) in [6.07, 6.45) is 5.62. The van der Waals surface area contributed by atoms with E-state index in [2.05, 4.69) is 5.32 Å². The zero-order valence-corrected chi connectivity index (χ0v) is 13.7. The van der Waals surface area contributed by atoms with Crippen molar-refractivity contribution in [1.82, 2.24) is 13.9 Å². The Morgan fingerprint density at radius 2 is 1.67 bits per heavy atom. The molecule has 0 radical (unpaired) electrons. The third-order valence-corrected chi connectivity index (χ3v) is 6.33. The fourth-order valence-electron chi connectivity index (χ4n) is 3.12. The molecule has 6 nitrogen and oxygen atoms in total. The molecule has 7 heteroatoms. The van der Waals surface area contributed by atoms with Crippen molar-refractivity contribution < 1.29 is 13.2 Å². The molecular weight excluding hydrogens is 290 g/mol. The topological polar surface area (TPSA) is 69.7 Å². The lowest BCUT2D eigenvalue weighted by atomic mass is 9.99. The van der Waals surface area contributed by atoms with Crippen LogP contribution >= 0.6 is 0 Å². The normalized spacial score (nSPS) is 26.2. The quantitative estimate of drug-likeness (QED) is 0.839. The molecule has 0 bridgehead atoms. The second-order valence-electron chi connectivity index (χ2n) is 5.91. The van der Waals surface area contributed by atoms with E-state index < -0.39 is 10.2 Å². The number of nitrogens with zero attached hydrogens (tertiary/aromatic N) is 2. The fourth-order valence-corrected chi connectivity index (χ4v) is 4.89. The van der Waals surface area contributed by atoms with E-state index in [0.29, 0.717) is 32.7 Å². The van der Waals surface area contributed by atoms with E-state index >= 15 is 0 Å². The molecule has 1 atom stereocenters. The highest BCUT2D eigenvalue weighted by Crippen LogP contribution is 2.23. The number of carbonyl (C=O) groups excluding carboxylic acids is 1. The molecule has 2 saturated heterocycles. The van der Waals surface area contributed by atoms with Gasteiger partial charge >= 0.3 is 0 Å². The van der Waals surface area contributed by atoms with Crippen LogP contribution in [0.15, 0.2) is 0 Å². The molecule has 0 saturated carbocycles. The molecular formula is C14H27N3O3S. The van der Waals surface area contributed by atoms with Crippen LogP contribution in [0.2, 0.25) is 0 Å². The van der Waals surface area contributed by atoms with Crippen molar-refractivity contribution in [3.05, 3.63) is 0 Å². The zero-order chi connectivity index (χ0) is 15.3. The summed E-state index contributed by atoms with van der Waals surface area (Å²) in [5, 5.41) is 2.80. The van der Waals surface area contributed by atoms with Gasteiger partial charge in [-0.25, -0.2) is 0 Å². The van der Waals surface area contributed by atoms with Gasteiger partial charge in [-0.1, -0.05) is 12.8 Å². The van der Waals surface area contributed by atoms with Crippen LogP contribution in [0.4, 0.5) is 0 Å². The highest BCUT2D eigenvalue weighted by molar-refractivity contribution is 7.86. The van der Waals surface area contributed by atoms with Crippen LogP contribution in [-0.2, 0) is 15.0 Å². The lowest BCUT2D eigenvalue weighted by Crippen LogP contribution is -2.50. The molecule has 2 aliphatic rings. The van der Waals surface area contributed by atoms with Gasteiger partial charge in [-0.15, -0.1) is 0 Å². The summed E-state index contributed by atoms with van der Waals surface area (Å²) in [6.45, 7) is 4.56. The predicted molar refractivity (Wildman–Crippen MR) is 81.9 cm³/mol. The van der Waals surface area contributed by atoms with E-state index in [0.717, 1.165) is 38.5 Å². The number of hydrogen-bond acceptors (Lipinski definition) is 3. The molecule has 0 aromatic heterocycles. The molecule has 2 fully saturated rings. The summed E-state index contributed by atoms with van der Waals surface area (Å²) in [5.74, 6) is -0.228. The zero-order valence-electron chi connectivity index (χ0n) is 12.9. The van der Waals surface area contributed by atoms with Gasteiger partial charge in [0, 0.05) is 32.7 Å². The van der Waals surface area contributed by atoms with Crippen LogP contribution < -0.4 is 5.32 Å². The molecule has 21 heavy (non-hydrogen) atoms. The number of nitrogens with one attached hydrogen (secondary N) is 1. The average molecular weight is 317 g/mol. The maximum Gasteiger partial charge on any atom is 0.281 e. The Bertz CT molecular complexity index is 444. The third-order valence-electron chi connectivity index (χ3n) is 4.32. The van der Waals surface area contributed by atoms with Crippen molar-refractivity contribution in [3.8, 4) is 0 Å². The molecule has 122 valence electrons. The number of rotatable bonds is 4. The Kier molecular flexibility index (Phi) is 6.01. The van der Waals surface area contributed by atoms with Crippen molar-refractivity contribution >= 4 is 16.1 Å². The summed E-state index contributed by atoms with van der Waals surface area (Å²) in [4.78, 5) is 12.0. The van der Waals surface area contributed by atoms with Gasteiger partial charge in [0.15, 0.2) is 0 Å². The molecule has 2 rings (SSSR count). The van der Waals surface area contributed by atoms with Crippen LogP contribution in [0.5, 0.6) is 0 Å². The third kappa shape index (κ3) is 4.17. The van der Waals surface area contributed by atoms with Crippen molar-refractivity contribution in [2.24, 2.45) is 5.92 Å². The minimum atomic E-state index is -3.40. The monoisotopic (exact) mass is 317 g/mol. The molecule has 2 aliphatic heterocycles. The van der Waals surface area contributed by atoms with E-state index in [-0.39, 0.29) is 11.8 Å². The Morgan fingerprint density at radius 1 is 1.05 bits per heavy atom. The first kappa shape index (κ1) is 16.7. The van der Waals surface area contributed by atoms with Gasteiger partial charge in [-0.05, 0) is 32.6 Å².